The Kier molecular flexibility index (Phi) is 5.00. The predicted octanol–water partition coefficient (Wildman–Crippen LogP) is 2.33. The zero-order valence-corrected chi connectivity index (χ0v) is 11.2. The van der Waals surface area contributed by atoms with Gasteiger partial charge >= 0.3 is 0 Å². The second kappa shape index (κ2) is 6.52. The number of nitrogens with zero attached hydrogens (tertiary/aromatic N) is 1. The van der Waals surface area contributed by atoms with E-state index in [1.165, 1.54) is 22.8 Å². The van der Waals surface area contributed by atoms with Crippen molar-refractivity contribution in [1.29, 1.82) is 0 Å². The molecule has 4 heteroatoms. The van der Waals surface area contributed by atoms with E-state index < -0.39 is 0 Å². The van der Waals surface area contributed by atoms with Crippen LogP contribution in [0, 0.1) is 6.92 Å². The molecule has 2 heterocycles. The third-order valence-electron chi connectivity index (χ3n) is 2.54. The molecule has 16 heavy (non-hydrogen) atoms. The van der Waals surface area contributed by atoms with Gasteiger partial charge in [0.15, 0.2) is 0 Å². The predicted molar refractivity (Wildman–Crippen MR) is 74.3 cm³/mol. The normalized spacial score (nSPS) is 20.9. The molecule has 0 aliphatic carbocycles. The molecule has 1 unspecified atom stereocenters. The first-order chi connectivity index (χ1) is 7.84. The Morgan fingerprint density at radius 3 is 3.06 bits per heavy atom. The summed E-state index contributed by atoms with van der Waals surface area (Å²) in [5.41, 5.74) is 2.36. The summed E-state index contributed by atoms with van der Waals surface area (Å²) in [5.74, 6) is 3.92. The van der Waals surface area contributed by atoms with Crippen LogP contribution >= 0.6 is 23.5 Å². The average molecular weight is 254 g/mol. The number of aryl methyl sites for hydroxylation is 1. The summed E-state index contributed by atoms with van der Waals surface area (Å²) in [4.78, 5) is 4.39. The average Bonchev–Trinajstić information content (AvgIpc) is 2.33. The fourth-order valence-corrected chi connectivity index (χ4v) is 4.27. The summed E-state index contributed by atoms with van der Waals surface area (Å²) in [6, 6.07) is 4.22. The van der Waals surface area contributed by atoms with E-state index in [1.807, 2.05) is 6.20 Å². The lowest BCUT2D eigenvalue weighted by molar-refractivity contribution is 0.674. The van der Waals surface area contributed by atoms with Gasteiger partial charge < -0.3 is 5.32 Å². The summed E-state index contributed by atoms with van der Waals surface area (Å²) in [6.07, 6.45) is 1.93. The lowest BCUT2D eigenvalue weighted by atomic mass is 10.3. The molecule has 2 rings (SSSR count). The molecular formula is C12H18N2S2. The van der Waals surface area contributed by atoms with Crippen LogP contribution in [-0.4, -0.2) is 34.0 Å². The van der Waals surface area contributed by atoms with Crippen LogP contribution in [-0.2, 0) is 6.54 Å². The SMILES string of the molecule is Cc1ccc(CNCC2CSCCS2)nc1. The van der Waals surface area contributed by atoms with E-state index in [-0.39, 0.29) is 0 Å². The Labute approximate surface area is 106 Å². The molecule has 0 spiro atoms. The highest BCUT2D eigenvalue weighted by Gasteiger charge is 2.13. The van der Waals surface area contributed by atoms with Gasteiger partial charge in [-0.1, -0.05) is 6.07 Å². The first kappa shape index (κ1) is 12.3. The molecule has 88 valence electrons. The fraction of sp³-hybridized carbons (Fsp3) is 0.583. The van der Waals surface area contributed by atoms with Crippen molar-refractivity contribution >= 4 is 23.5 Å². The zero-order valence-electron chi connectivity index (χ0n) is 9.61. The molecule has 2 nitrogen and oxygen atoms in total. The van der Waals surface area contributed by atoms with Gasteiger partial charge in [0.25, 0.3) is 0 Å². The van der Waals surface area contributed by atoms with Crippen molar-refractivity contribution in [3.8, 4) is 0 Å². The van der Waals surface area contributed by atoms with Gasteiger partial charge in [0.1, 0.15) is 0 Å². The Morgan fingerprint density at radius 2 is 2.38 bits per heavy atom. The summed E-state index contributed by atoms with van der Waals surface area (Å²) in [5, 5.41) is 4.28. The first-order valence-electron chi connectivity index (χ1n) is 5.66. The van der Waals surface area contributed by atoms with Gasteiger partial charge in [-0.15, -0.1) is 0 Å². The van der Waals surface area contributed by atoms with Crippen molar-refractivity contribution < 1.29 is 0 Å². The lowest BCUT2D eigenvalue weighted by Crippen LogP contribution is -2.28. The summed E-state index contributed by atoms with van der Waals surface area (Å²) in [7, 11) is 0. The van der Waals surface area contributed by atoms with Gasteiger partial charge in [0, 0.05) is 41.8 Å². The molecule has 0 amide bonds. The van der Waals surface area contributed by atoms with Crippen molar-refractivity contribution in [2.75, 3.05) is 23.8 Å². The van der Waals surface area contributed by atoms with E-state index in [9.17, 15) is 0 Å². The largest absolute Gasteiger partial charge is 0.310 e. The number of nitrogens with one attached hydrogen (secondary N) is 1. The number of hydrogen-bond donors (Lipinski definition) is 1. The maximum atomic E-state index is 4.39. The molecule has 1 aromatic heterocycles. The van der Waals surface area contributed by atoms with Gasteiger partial charge in [-0.05, 0) is 18.6 Å². The minimum absolute atomic E-state index is 0.782. The van der Waals surface area contributed by atoms with E-state index in [0.717, 1.165) is 24.0 Å². The molecule has 1 atom stereocenters. The molecule has 1 saturated heterocycles. The molecule has 1 aromatic rings. The minimum atomic E-state index is 0.782. The number of pyridine rings is 1. The molecule has 1 N–H and O–H groups in total. The standard InChI is InChI=1S/C12H18N2S2/c1-10-2-3-11(14-6-10)7-13-8-12-9-15-4-5-16-12/h2-3,6,12-13H,4-5,7-9H2,1H3. The van der Waals surface area contributed by atoms with Crippen LogP contribution in [0.1, 0.15) is 11.3 Å². The second-order valence-electron chi connectivity index (χ2n) is 4.03. The molecule has 1 aliphatic heterocycles. The van der Waals surface area contributed by atoms with Crippen LogP contribution in [0.5, 0.6) is 0 Å². The van der Waals surface area contributed by atoms with Crippen LogP contribution in [0.4, 0.5) is 0 Å². The van der Waals surface area contributed by atoms with Crippen molar-refractivity contribution in [1.82, 2.24) is 10.3 Å². The Morgan fingerprint density at radius 1 is 1.44 bits per heavy atom. The summed E-state index contributed by atoms with van der Waals surface area (Å²) in [6.45, 7) is 4.06. The quantitative estimate of drug-likeness (QED) is 0.891. The second-order valence-corrected chi connectivity index (χ2v) is 6.58. The van der Waals surface area contributed by atoms with E-state index in [0.29, 0.717) is 0 Å². The molecule has 0 aromatic carbocycles. The first-order valence-corrected chi connectivity index (χ1v) is 7.86. The number of rotatable bonds is 4. The molecule has 1 fully saturated rings. The number of hydrogen-bond acceptors (Lipinski definition) is 4. The zero-order chi connectivity index (χ0) is 11.2. The van der Waals surface area contributed by atoms with E-state index in [2.05, 4.69) is 52.9 Å². The Hall–Kier alpha value is -0.190. The molecular weight excluding hydrogens is 236 g/mol. The fourth-order valence-electron chi connectivity index (χ4n) is 1.62. The summed E-state index contributed by atoms with van der Waals surface area (Å²) >= 11 is 4.17. The highest BCUT2D eigenvalue weighted by Crippen LogP contribution is 2.23. The number of aromatic nitrogens is 1. The molecule has 0 radical (unpaired) electrons. The van der Waals surface area contributed by atoms with Crippen LogP contribution in [0.15, 0.2) is 18.3 Å². The minimum Gasteiger partial charge on any atom is -0.310 e. The van der Waals surface area contributed by atoms with E-state index >= 15 is 0 Å². The third kappa shape index (κ3) is 4.00. The summed E-state index contributed by atoms with van der Waals surface area (Å²) < 4.78 is 0. The van der Waals surface area contributed by atoms with Crippen LogP contribution < -0.4 is 5.32 Å². The number of thioether (sulfide) groups is 2. The highest BCUT2D eigenvalue weighted by molar-refractivity contribution is 8.06. The smallest absolute Gasteiger partial charge is 0.0541 e. The highest BCUT2D eigenvalue weighted by atomic mass is 32.2. The van der Waals surface area contributed by atoms with Gasteiger partial charge in [-0.3, -0.25) is 4.98 Å². The van der Waals surface area contributed by atoms with Gasteiger partial charge in [0.05, 0.1) is 5.69 Å². The van der Waals surface area contributed by atoms with Crippen LogP contribution in [0.3, 0.4) is 0 Å². The topological polar surface area (TPSA) is 24.9 Å². The molecule has 0 saturated carbocycles. The van der Waals surface area contributed by atoms with E-state index in [4.69, 9.17) is 0 Å². The lowest BCUT2D eigenvalue weighted by Gasteiger charge is -2.21. The molecule has 1 aliphatic rings. The van der Waals surface area contributed by atoms with Crippen molar-refractivity contribution in [3.63, 3.8) is 0 Å². The van der Waals surface area contributed by atoms with Crippen molar-refractivity contribution in [2.24, 2.45) is 0 Å². The van der Waals surface area contributed by atoms with Crippen LogP contribution in [0.25, 0.3) is 0 Å². The Balaban J connectivity index is 1.69. The van der Waals surface area contributed by atoms with Gasteiger partial charge in [0.2, 0.25) is 0 Å². The Bertz CT molecular complexity index is 307. The maximum absolute atomic E-state index is 4.39. The molecule has 0 bridgehead atoms. The maximum Gasteiger partial charge on any atom is 0.0541 e. The van der Waals surface area contributed by atoms with Crippen molar-refractivity contribution in [3.05, 3.63) is 29.6 Å². The van der Waals surface area contributed by atoms with Crippen molar-refractivity contribution in [2.45, 2.75) is 18.7 Å². The monoisotopic (exact) mass is 254 g/mol. The van der Waals surface area contributed by atoms with Gasteiger partial charge in [-0.2, -0.15) is 23.5 Å². The van der Waals surface area contributed by atoms with E-state index in [1.54, 1.807) is 0 Å². The van der Waals surface area contributed by atoms with Crippen LogP contribution in [0.2, 0.25) is 0 Å². The van der Waals surface area contributed by atoms with Gasteiger partial charge in [-0.25, -0.2) is 0 Å². The third-order valence-corrected chi connectivity index (χ3v) is 5.38.